The van der Waals surface area contributed by atoms with Gasteiger partial charge in [-0.15, -0.1) is 0 Å². The van der Waals surface area contributed by atoms with Gasteiger partial charge in [0.1, 0.15) is 11.9 Å². The number of likely N-dealkylation sites (N-methyl/N-ethyl adjacent to an activating group) is 1. The molecule has 0 saturated heterocycles. The molecule has 2 N–H and O–H groups in total. The fourth-order valence-corrected chi connectivity index (χ4v) is 2.39. The fourth-order valence-electron chi connectivity index (χ4n) is 2.39. The van der Waals surface area contributed by atoms with E-state index in [-0.39, 0.29) is 0 Å². The van der Waals surface area contributed by atoms with Gasteiger partial charge in [0, 0.05) is 18.6 Å². The van der Waals surface area contributed by atoms with Crippen LogP contribution in [0.2, 0.25) is 0 Å². The summed E-state index contributed by atoms with van der Waals surface area (Å²) in [4.78, 5) is 2.29. The van der Waals surface area contributed by atoms with Gasteiger partial charge in [0.05, 0.1) is 6.26 Å². The van der Waals surface area contributed by atoms with Crippen molar-refractivity contribution < 1.29 is 9.52 Å². The topological polar surface area (TPSA) is 48.6 Å². The summed E-state index contributed by atoms with van der Waals surface area (Å²) in [5.74, 6) is 0.630. The van der Waals surface area contributed by atoms with E-state index in [0.29, 0.717) is 17.8 Å². The van der Waals surface area contributed by atoms with Crippen molar-refractivity contribution in [2.45, 2.75) is 30.9 Å². The quantitative estimate of drug-likeness (QED) is 0.786. The lowest BCUT2D eigenvalue weighted by molar-refractivity contribution is 0.0542. The lowest BCUT2D eigenvalue weighted by Crippen LogP contribution is -2.56. The Bertz CT molecular complexity index is 331. The van der Waals surface area contributed by atoms with Crippen LogP contribution in [-0.4, -0.2) is 42.7 Å². The molecule has 2 rings (SSSR count). The second kappa shape index (κ2) is 5.21. The highest BCUT2D eigenvalue weighted by atomic mass is 16.4. The molecule has 0 aromatic carbocycles. The predicted octanol–water partition coefficient (Wildman–Crippen LogP) is 1.39. The Hall–Kier alpha value is -0.840. The zero-order chi connectivity index (χ0) is 12.3. The molecule has 96 valence electrons. The van der Waals surface area contributed by atoms with Gasteiger partial charge in [0.15, 0.2) is 0 Å². The summed E-state index contributed by atoms with van der Waals surface area (Å²) in [6, 6.07) is 3.60. The normalized spacial score (nSPS) is 20.2. The predicted molar refractivity (Wildman–Crippen MR) is 66.8 cm³/mol. The van der Waals surface area contributed by atoms with Gasteiger partial charge in [-0.2, -0.15) is 0 Å². The summed E-state index contributed by atoms with van der Waals surface area (Å²) in [5.41, 5.74) is 0.295. The minimum absolute atomic E-state index is 0.295. The van der Waals surface area contributed by atoms with Crippen molar-refractivity contribution in [3.05, 3.63) is 24.2 Å². The minimum atomic E-state index is -0.552. The summed E-state index contributed by atoms with van der Waals surface area (Å²) >= 11 is 0. The van der Waals surface area contributed by atoms with Crippen LogP contribution in [0.25, 0.3) is 0 Å². The smallest absolute Gasteiger partial charge is 0.133 e. The van der Waals surface area contributed by atoms with E-state index in [1.165, 1.54) is 19.3 Å². The van der Waals surface area contributed by atoms with E-state index in [2.05, 4.69) is 24.3 Å². The number of nitrogens with one attached hydrogen (secondary N) is 1. The van der Waals surface area contributed by atoms with E-state index in [1.807, 2.05) is 0 Å². The molecule has 4 heteroatoms. The zero-order valence-electron chi connectivity index (χ0n) is 10.6. The maximum Gasteiger partial charge on any atom is 0.133 e. The summed E-state index contributed by atoms with van der Waals surface area (Å²) in [6.07, 6.45) is 4.82. The second-order valence-corrected chi connectivity index (χ2v) is 5.13. The van der Waals surface area contributed by atoms with Crippen molar-refractivity contribution >= 4 is 0 Å². The van der Waals surface area contributed by atoms with E-state index in [9.17, 15) is 5.11 Å². The third kappa shape index (κ3) is 2.70. The highest BCUT2D eigenvalue weighted by Crippen LogP contribution is 2.35. The SMILES string of the molecule is CN(C)C1(CNCC(O)c2ccco2)CCC1. The van der Waals surface area contributed by atoms with Gasteiger partial charge in [-0.05, 0) is 45.5 Å². The van der Waals surface area contributed by atoms with E-state index >= 15 is 0 Å². The molecule has 1 heterocycles. The maximum atomic E-state index is 9.87. The van der Waals surface area contributed by atoms with Crippen molar-refractivity contribution in [2.75, 3.05) is 27.2 Å². The molecule has 1 aliphatic carbocycles. The lowest BCUT2D eigenvalue weighted by Gasteiger charge is -2.47. The molecule has 1 aromatic rings. The lowest BCUT2D eigenvalue weighted by atomic mass is 9.75. The number of hydrogen-bond acceptors (Lipinski definition) is 4. The summed E-state index contributed by atoms with van der Waals surface area (Å²) in [7, 11) is 4.26. The number of nitrogens with zero attached hydrogens (tertiary/aromatic N) is 1. The number of hydrogen-bond donors (Lipinski definition) is 2. The van der Waals surface area contributed by atoms with Gasteiger partial charge in [0.25, 0.3) is 0 Å². The Labute approximate surface area is 103 Å². The van der Waals surface area contributed by atoms with Crippen LogP contribution in [0.15, 0.2) is 22.8 Å². The first-order valence-corrected chi connectivity index (χ1v) is 6.24. The molecule has 1 unspecified atom stereocenters. The van der Waals surface area contributed by atoms with Crippen LogP contribution in [0, 0.1) is 0 Å². The molecule has 0 aliphatic heterocycles. The highest BCUT2D eigenvalue weighted by molar-refractivity contribution is 5.03. The molecule has 0 spiro atoms. The van der Waals surface area contributed by atoms with Crippen LogP contribution in [0.1, 0.15) is 31.1 Å². The molecule has 0 amide bonds. The second-order valence-electron chi connectivity index (χ2n) is 5.13. The Kier molecular flexibility index (Phi) is 3.86. The molecule has 4 nitrogen and oxygen atoms in total. The summed E-state index contributed by atoms with van der Waals surface area (Å²) in [5, 5.41) is 13.2. The molecule has 1 aliphatic rings. The molecule has 1 fully saturated rings. The van der Waals surface area contributed by atoms with Crippen LogP contribution in [-0.2, 0) is 0 Å². The average Bonchev–Trinajstić information content (AvgIpc) is 2.74. The minimum Gasteiger partial charge on any atom is -0.467 e. The van der Waals surface area contributed by atoms with Crippen molar-refractivity contribution in [1.82, 2.24) is 10.2 Å². The van der Waals surface area contributed by atoms with E-state index in [0.717, 1.165) is 6.54 Å². The zero-order valence-corrected chi connectivity index (χ0v) is 10.6. The molecule has 1 saturated carbocycles. The van der Waals surface area contributed by atoms with Crippen LogP contribution >= 0.6 is 0 Å². The molecule has 0 bridgehead atoms. The van der Waals surface area contributed by atoms with Gasteiger partial charge in [-0.1, -0.05) is 0 Å². The van der Waals surface area contributed by atoms with Crippen LogP contribution < -0.4 is 5.32 Å². The van der Waals surface area contributed by atoms with Crippen LogP contribution in [0.5, 0.6) is 0 Å². The van der Waals surface area contributed by atoms with E-state index < -0.39 is 6.10 Å². The monoisotopic (exact) mass is 238 g/mol. The third-order valence-corrected chi connectivity index (χ3v) is 3.90. The molecule has 1 atom stereocenters. The van der Waals surface area contributed by atoms with E-state index in [4.69, 9.17) is 4.42 Å². The average molecular weight is 238 g/mol. The number of furan rings is 1. The van der Waals surface area contributed by atoms with Crippen LogP contribution in [0.3, 0.4) is 0 Å². The number of aliphatic hydroxyl groups excluding tert-OH is 1. The largest absolute Gasteiger partial charge is 0.467 e. The Morgan fingerprint density at radius 2 is 2.29 bits per heavy atom. The van der Waals surface area contributed by atoms with Gasteiger partial charge in [0.2, 0.25) is 0 Å². The first-order chi connectivity index (χ1) is 8.14. The highest BCUT2D eigenvalue weighted by Gasteiger charge is 2.38. The van der Waals surface area contributed by atoms with Crippen molar-refractivity contribution in [3.8, 4) is 0 Å². The molecular weight excluding hydrogens is 216 g/mol. The molecule has 0 radical (unpaired) electrons. The first kappa shape index (κ1) is 12.6. The summed E-state index contributed by atoms with van der Waals surface area (Å²) < 4.78 is 5.17. The Morgan fingerprint density at radius 3 is 2.76 bits per heavy atom. The van der Waals surface area contributed by atoms with Crippen molar-refractivity contribution in [2.24, 2.45) is 0 Å². The maximum absolute atomic E-state index is 9.87. The standard InChI is InChI=1S/C13H22N2O2/c1-15(2)13(6-4-7-13)10-14-9-11(16)12-5-3-8-17-12/h3,5,8,11,14,16H,4,6-7,9-10H2,1-2H3. The van der Waals surface area contributed by atoms with Crippen molar-refractivity contribution in [3.63, 3.8) is 0 Å². The van der Waals surface area contributed by atoms with Gasteiger partial charge in [-0.3, -0.25) is 0 Å². The first-order valence-electron chi connectivity index (χ1n) is 6.24. The van der Waals surface area contributed by atoms with Crippen molar-refractivity contribution in [1.29, 1.82) is 0 Å². The van der Waals surface area contributed by atoms with Gasteiger partial charge >= 0.3 is 0 Å². The molecule has 1 aromatic heterocycles. The molecule has 17 heavy (non-hydrogen) atoms. The number of aliphatic hydroxyl groups is 1. The van der Waals surface area contributed by atoms with Gasteiger partial charge < -0.3 is 19.7 Å². The Morgan fingerprint density at radius 1 is 1.53 bits per heavy atom. The van der Waals surface area contributed by atoms with Gasteiger partial charge in [-0.25, -0.2) is 0 Å². The molecular formula is C13H22N2O2. The fraction of sp³-hybridized carbons (Fsp3) is 0.692. The third-order valence-electron chi connectivity index (χ3n) is 3.90. The van der Waals surface area contributed by atoms with Crippen LogP contribution in [0.4, 0.5) is 0 Å². The Balaban J connectivity index is 1.76. The van der Waals surface area contributed by atoms with E-state index in [1.54, 1.807) is 18.4 Å². The number of rotatable bonds is 6. The summed E-state index contributed by atoms with van der Waals surface area (Å²) in [6.45, 7) is 1.47.